The van der Waals surface area contributed by atoms with Crippen LogP contribution in [0.5, 0.6) is 0 Å². The molecule has 1 rings (SSSR count). The van der Waals surface area contributed by atoms with E-state index < -0.39 is 0 Å². The molecule has 1 N–H and O–H groups in total. The first-order valence-electron chi connectivity index (χ1n) is 7.62. The Morgan fingerprint density at radius 3 is 2.10 bits per heavy atom. The SMILES string of the molecule is CC(NCCCN(C)C(C)C)c1ccc(N(C)C)cc1. The third kappa shape index (κ3) is 5.51. The molecular weight excluding hydrogens is 246 g/mol. The largest absolute Gasteiger partial charge is 0.378 e. The molecule has 20 heavy (non-hydrogen) atoms. The maximum Gasteiger partial charge on any atom is 0.0361 e. The fourth-order valence-corrected chi connectivity index (χ4v) is 2.08. The third-order valence-corrected chi connectivity index (χ3v) is 3.93. The third-order valence-electron chi connectivity index (χ3n) is 3.93. The van der Waals surface area contributed by atoms with E-state index >= 15 is 0 Å². The van der Waals surface area contributed by atoms with Gasteiger partial charge in [-0.3, -0.25) is 0 Å². The summed E-state index contributed by atoms with van der Waals surface area (Å²) in [5, 5.41) is 3.60. The standard InChI is InChI=1S/C17H31N3/c1-14(2)20(6)13-7-12-18-15(3)16-8-10-17(11-9-16)19(4)5/h8-11,14-15,18H,7,12-13H2,1-6H3. The molecule has 0 bridgehead atoms. The van der Waals surface area contributed by atoms with E-state index in [0.717, 1.165) is 13.1 Å². The van der Waals surface area contributed by atoms with Crippen LogP contribution in [0, 0.1) is 0 Å². The number of rotatable bonds is 8. The molecule has 3 nitrogen and oxygen atoms in total. The van der Waals surface area contributed by atoms with Crippen molar-refractivity contribution in [3.63, 3.8) is 0 Å². The molecule has 0 saturated carbocycles. The van der Waals surface area contributed by atoms with Crippen LogP contribution in [0.25, 0.3) is 0 Å². The van der Waals surface area contributed by atoms with E-state index in [-0.39, 0.29) is 0 Å². The molecule has 1 aromatic carbocycles. The average molecular weight is 277 g/mol. The van der Waals surface area contributed by atoms with E-state index in [9.17, 15) is 0 Å². The number of nitrogens with zero attached hydrogens (tertiary/aromatic N) is 2. The number of anilines is 1. The summed E-state index contributed by atoms with van der Waals surface area (Å²) in [4.78, 5) is 4.52. The second kappa shape index (κ2) is 8.28. The van der Waals surface area contributed by atoms with Gasteiger partial charge in [-0.1, -0.05) is 12.1 Å². The number of nitrogens with one attached hydrogen (secondary N) is 1. The topological polar surface area (TPSA) is 18.5 Å². The molecule has 0 heterocycles. The average Bonchev–Trinajstić information content (AvgIpc) is 2.43. The minimum Gasteiger partial charge on any atom is -0.378 e. The summed E-state index contributed by atoms with van der Waals surface area (Å²) < 4.78 is 0. The fourth-order valence-electron chi connectivity index (χ4n) is 2.08. The van der Waals surface area contributed by atoms with Crippen molar-refractivity contribution < 1.29 is 0 Å². The molecule has 0 amide bonds. The van der Waals surface area contributed by atoms with Crippen molar-refractivity contribution in [2.75, 3.05) is 39.1 Å². The van der Waals surface area contributed by atoms with Crippen molar-refractivity contribution in [1.82, 2.24) is 10.2 Å². The summed E-state index contributed by atoms with van der Waals surface area (Å²) in [6.07, 6.45) is 1.19. The minimum absolute atomic E-state index is 0.413. The quantitative estimate of drug-likeness (QED) is 0.737. The molecule has 1 unspecified atom stereocenters. The Morgan fingerprint density at radius 1 is 1.00 bits per heavy atom. The highest BCUT2D eigenvalue weighted by atomic mass is 15.1. The van der Waals surface area contributed by atoms with Crippen molar-refractivity contribution in [2.24, 2.45) is 0 Å². The Balaban J connectivity index is 2.34. The molecule has 0 radical (unpaired) electrons. The van der Waals surface area contributed by atoms with Gasteiger partial charge in [0.1, 0.15) is 0 Å². The van der Waals surface area contributed by atoms with Gasteiger partial charge in [0.15, 0.2) is 0 Å². The smallest absolute Gasteiger partial charge is 0.0361 e. The molecule has 0 fully saturated rings. The Hall–Kier alpha value is -1.06. The zero-order valence-corrected chi connectivity index (χ0v) is 14.0. The lowest BCUT2D eigenvalue weighted by Gasteiger charge is -2.22. The molecule has 0 spiro atoms. The Morgan fingerprint density at radius 2 is 1.60 bits per heavy atom. The molecule has 0 saturated heterocycles. The summed E-state index contributed by atoms with van der Waals surface area (Å²) in [6, 6.07) is 9.84. The Kier molecular flexibility index (Phi) is 7.03. The van der Waals surface area contributed by atoms with Gasteiger partial charge in [0.25, 0.3) is 0 Å². The first kappa shape index (κ1) is 17.0. The van der Waals surface area contributed by atoms with Gasteiger partial charge in [-0.05, 0) is 65.0 Å². The van der Waals surface area contributed by atoms with Crippen molar-refractivity contribution >= 4 is 5.69 Å². The van der Waals surface area contributed by atoms with Gasteiger partial charge in [0.2, 0.25) is 0 Å². The van der Waals surface area contributed by atoms with Gasteiger partial charge < -0.3 is 15.1 Å². The fraction of sp³-hybridized carbons (Fsp3) is 0.647. The molecule has 0 aliphatic carbocycles. The van der Waals surface area contributed by atoms with Crippen LogP contribution in [0.2, 0.25) is 0 Å². The van der Waals surface area contributed by atoms with Crippen molar-refractivity contribution in [1.29, 1.82) is 0 Å². The van der Waals surface area contributed by atoms with E-state index in [1.807, 2.05) is 0 Å². The normalized spacial score (nSPS) is 13.0. The zero-order valence-electron chi connectivity index (χ0n) is 14.0. The second-order valence-electron chi connectivity index (χ2n) is 6.09. The molecule has 114 valence electrons. The highest BCUT2D eigenvalue weighted by Crippen LogP contribution is 2.17. The molecule has 3 heteroatoms. The van der Waals surface area contributed by atoms with E-state index in [0.29, 0.717) is 12.1 Å². The van der Waals surface area contributed by atoms with Crippen LogP contribution in [0.3, 0.4) is 0 Å². The van der Waals surface area contributed by atoms with Crippen LogP contribution in [-0.2, 0) is 0 Å². The van der Waals surface area contributed by atoms with Gasteiger partial charge in [-0.15, -0.1) is 0 Å². The van der Waals surface area contributed by atoms with Gasteiger partial charge in [-0.25, -0.2) is 0 Å². The summed E-state index contributed by atoms with van der Waals surface area (Å²) in [6.45, 7) is 8.92. The lowest BCUT2D eigenvalue weighted by Crippen LogP contribution is -2.30. The Bertz CT molecular complexity index is 370. The predicted molar refractivity (Wildman–Crippen MR) is 89.6 cm³/mol. The maximum absolute atomic E-state index is 3.60. The van der Waals surface area contributed by atoms with Crippen molar-refractivity contribution in [3.8, 4) is 0 Å². The maximum atomic E-state index is 3.60. The van der Waals surface area contributed by atoms with Crippen LogP contribution >= 0.6 is 0 Å². The van der Waals surface area contributed by atoms with Crippen molar-refractivity contribution in [3.05, 3.63) is 29.8 Å². The van der Waals surface area contributed by atoms with Crippen LogP contribution in [-0.4, -0.2) is 45.2 Å². The zero-order chi connectivity index (χ0) is 15.1. The van der Waals surface area contributed by atoms with Crippen LogP contribution in [0.4, 0.5) is 5.69 Å². The number of hydrogen-bond donors (Lipinski definition) is 1. The second-order valence-corrected chi connectivity index (χ2v) is 6.09. The summed E-state index contributed by atoms with van der Waals surface area (Å²) in [5.74, 6) is 0. The summed E-state index contributed by atoms with van der Waals surface area (Å²) in [5.41, 5.74) is 2.60. The summed E-state index contributed by atoms with van der Waals surface area (Å²) >= 11 is 0. The van der Waals surface area contributed by atoms with Crippen LogP contribution in [0.1, 0.15) is 38.8 Å². The van der Waals surface area contributed by atoms with Gasteiger partial charge >= 0.3 is 0 Å². The van der Waals surface area contributed by atoms with Gasteiger partial charge in [-0.2, -0.15) is 0 Å². The molecule has 0 aliphatic heterocycles. The van der Waals surface area contributed by atoms with Crippen LogP contribution in [0.15, 0.2) is 24.3 Å². The van der Waals surface area contributed by atoms with Gasteiger partial charge in [0.05, 0.1) is 0 Å². The first-order chi connectivity index (χ1) is 9.41. The molecule has 1 atom stereocenters. The van der Waals surface area contributed by atoms with E-state index in [1.165, 1.54) is 17.7 Å². The lowest BCUT2D eigenvalue weighted by molar-refractivity contribution is 0.268. The lowest BCUT2D eigenvalue weighted by atomic mass is 10.1. The monoisotopic (exact) mass is 277 g/mol. The molecule has 0 aliphatic rings. The van der Waals surface area contributed by atoms with E-state index in [1.54, 1.807) is 0 Å². The van der Waals surface area contributed by atoms with Crippen LogP contribution < -0.4 is 10.2 Å². The number of hydrogen-bond acceptors (Lipinski definition) is 3. The first-order valence-corrected chi connectivity index (χ1v) is 7.62. The highest BCUT2D eigenvalue weighted by molar-refractivity contribution is 5.46. The van der Waals surface area contributed by atoms with Gasteiger partial charge in [0, 0.05) is 31.9 Å². The summed E-state index contributed by atoms with van der Waals surface area (Å²) in [7, 11) is 6.33. The highest BCUT2D eigenvalue weighted by Gasteiger charge is 2.06. The molecular formula is C17H31N3. The van der Waals surface area contributed by atoms with E-state index in [2.05, 4.69) is 81.3 Å². The van der Waals surface area contributed by atoms with E-state index in [4.69, 9.17) is 0 Å². The molecule has 1 aromatic rings. The minimum atomic E-state index is 0.413. The van der Waals surface area contributed by atoms with Crippen molar-refractivity contribution in [2.45, 2.75) is 39.3 Å². The number of benzene rings is 1. The molecule has 0 aromatic heterocycles. The Labute approximate surface area is 125 Å². The predicted octanol–water partition coefficient (Wildman–Crippen LogP) is 3.13.